The third-order valence-corrected chi connectivity index (χ3v) is 6.17. The van der Waals surface area contributed by atoms with Gasteiger partial charge in [-0.2, -0.15) is 0 Å². The van der Waals surface area contributed by atoms with Crippen molar-refractivity contribution in [2.75, 3.05) is 18.6 Å². The van der Waals surface area contributed by atoms with Crippen molar-refractivity contribution in [1.29, 1.82) is 0 Å². The first-order chi connectivity index (χ1) is 15.2. The molecule has 1 aromatic heterocycles. The molecule has 2 heterocycles. The zero-order valence-corrected chi connectivity index (χ0v) is 17.7. The van der Waals surface area contributed by atoms with E-state index in [1.54, 1.807) is 7.11 Å². The van der Waals surface area contributed by atoms with Crippen LogP contribution in [0.15, 0.2) is 78.9 Å². The quantitative estimate of drug-likeness (QED) is 0.455. The Morgan fingerprint density at radius 3 is 2.42 bits per heavy atom. The van der Waals surface area contributed by atoms with Gasteiger partial charge in [-0.25, -0.2) is 4.98 Å². The highest BCUT2D eigenvalue weighted by atomic mass is 16.5. The van der Waals surface area contributed by atoms with Crippen LogP contribution in [0.5, 0.6) is 5.75 Å². The van der Waals surface area contributed by atoms with Crippen LogP contribution in [-0.4, -0.2) is 29.1 Å². The lowest BCUT2D eigenvalue weighted by Crippen LogP contribution is -2.24. The average Bonchev–Trinajstić information content (AvgIpc) is 3.40. The molecule has 5 heteroatoms. The molecule has 1 saturated heterocycles. The monoisotopic (exact) mass is 411 g/mol. The molecular weight excluding hydrogens is 386 g/mol. The van der Waals surface area contributed by atoms with Gasteiger partial charge in [0.2, 0.25) is 5.91 Å². The van der Waals surface area contributed by atoms with Crippen LogP contribution in [0.25, 0.3) is 11.0 Å². The molecule has 5 nitrogen and oxygen atoms in total. The van der Waals surface area contributed by atoms with Gasteiger partial charge in [-0.15, -0.1) is 0 Å². The van der Waals surface area contributed by atoms with Gasteiger partial charge in [0.25, 0.3) is 0 Å². The highest BCUT2D eigenvalue weighted by Crippen LogP contribution is 2.36. The number of ether oxygens (including phenoxy) is 1. The van der Waals surface area contributed by atoms with Crippen LogP contribution in [0.2, 0.25) is 0 Å². The Balaban J connectivity index is 1.53. The van der Waals surface area contributed by atoms with Crippen molar-refractivity contribution in [3.63, 3.8) is 0 Å². The van der Waals surface area contributed by atoms with E-state index in [9.17, 15) is 4.79 Å². The molecule has 31 heavy (non-hydrogen) atoms. The van der Waals surface area contributed by atoms with E-state index in [-0.39, 0.29) is 17.9 Å². The summed E-state index contributed by atoms with van der Waals surface area (Å²) in [4.78, 5) is 19.8. The summed E-state index contributed by atoms with van der Waals surface area (Å²) in [6, 6.07) is 26.5. The number of nitrogens with zero attached hydrogens (tertiary/aromatic N) is 3. The molecule has 156 valence electrons. The number of hydrogen-bond donors (Lipinski definition) is 0. The second-order valence-electron chi connectivity index (χ2n) is 8.02. The van der Waals surface area contributed by atoms with Gasteiger partial charge in [0.05, 0.1) is 24.2 Å². The number of hydrogen-bond acceptors (Lipinski definition) is 3. The largest absolute Gasteiger partial charge is 0.497 e. The summed E-state index contributed by atoms with van der Waals surface area (Å²) in [5.41, 5.74) is 4.19. The van der Waals surface area contributed by atoms with Crippen LogP contribution in [0.3, 0.4) is 0 Å². The summed E-state index contributed by atoms with van der Waals surface area (Å²) in [5.74, 6) is 1.92. The molecule has 0 N–H and O–H groups in total. The first kappa shape index (κ1) is 19.4. The summed E-state index contributed by atoms with van der Waals surface area (Å²) in [5, 5.41) is 0. The van der Waals surface area contributed by atoms with Gasteiger partial charge in [-0.3, -0.25) is 4.79 Å². The fourth-order valence-corrected chi connectivity index (χ4v) is 4.53. The topological polar surface area (TPSA) is 47.4 Å². The van der Waals surface area contributed by atoms with Gasteiger partial charge in [0.15, 0.2) is 0 Å². The van der Waals surface area contributed by atoms with Gasteiger partial charge in [-0.05, 0) is 48.9 Å². The predicted molar refractivity (Wildman–Crippen MR) is 123 cm³/mol. The zero-order chi connectivity index (χ0) is 21.4. The second kappa shape index (κ2) is 7.91. The van der Waals surface area contributed by atoms with Crippen molar-refractivity contribution in [1.82, 2.24) is 9.55 Å². The first-order valence-corrected chi connectivity index (χ1v) is 10.6. The molecule has 1 fully saturated rings. The minimum Gasteiger partial charge on any atom is -0.497 e. The van der Waals surface area contributed by atoms with Crippen molar-refractivity contribution in [2.45, 2.75) is 25.3 Å². The van der Waals surface area contributed by atoms with Crippen LogP contribution in [0.1, 0.15) is 36.7 Å². The maximum Gasteiger partial charge on any atom is 0.227 e. The highest BCUT2D eigenvalue weighted by molar-refractivity contribution is 5.96. The van der Waals surface area contributed by atoms with E-state index in [1.807, 2.05) is 53.4 Å². The number of amides is 1. The average molecular weight is 412 g/mol. The summed E-state index contributed by atoms with van der Waals surface area (Å²) in [7, 11) is 1.64. The van der Waals surface area contributed by atoms with E-state index in [1.165, 1.54) is 5.56 Å². The summed E-state index contributed by atoms with van der Waals surface area (Å²) in [6.45, 7) is 2.82. The number of rotatable bonds is 5. The minimum atomic E-state index is 0.0353. The number of aromatic nitrogens is 2. The van der Waals surface area contributed by atoms with Crippen LogP contribution in [0.4, 0.5) is 5.69 Å². The van der Waals surface area contributed by atoms with Gasteiger partial charge < -0.3 is 14.2 Å². The smallest absolute Gasteiger partial charge is 0.227 e. The zero-order valence-electron chi connectivity index (χ0n) is 17.7. The third-order valence-electron chi connectivity index (χ3n) is 6.17. The van der Waals surface area contributed by atoms with Crippen LogP contribution >= 0.6 is 0 Å². The molecule has 0 radical (unpaired) electrons. The molecule has 0 aliphatic carbocycles. The molecular formula is C26H25N3O2. The molecule has 0 spiro atoms. The Bertz CT molecular complexity index is 1210. The predicted octanol–water partition coefficient (Wildman–Crippen LogP) is 5.17. The molecule has 1 aliphatic heterocycles. The molecule has 1 aliphatic rings. The maximum atomic E-state index is 12.9. The van der Waals surface area contributed by atoms with E-state index < -0.39 is 0 Å². The Morgan fingerprint density at radius 1 is 0.968 bits per heavy atom. The van der Waals surface area contributed by atoms with Gasteiger partial charge in [-0.1, -0.05) is 42.5 Å². The van der Waals surface area contributed by atoms with Crippen molar-refractivity contribution >= 4 is 22.6 Å². The summed E-state index contributed by atoms with van der Waals surface area (Å²) in [6.07, 6.45) is 0.455. The number of carbonyl (C=O) groups is 1. The molecule has 2 atom stereocenters. The van der Waals surface area contributed by atoms with Crippen molar-refractivity contribution < 1.29 is 9.53 Å². The fourth-order valence-electron chi connectivity index (χ4n) is 4.53. The van der Waals surface area contributed by atoms with Gasteiger partial charge in [0.1, 0.15) is 11.6 Å². The molecule has 4 aromatic rings. The molecule has 0 saturated carbocycles. The lowest BCUT2D eigenvalue weighted by atomic mass is 10.0. The van der Waals surface area contributed by atoms with Crippen LogP contribution in [0, 0.1) is 0 Å². The van der Waals surface area contributed by atoms with E-state index in [0.29, 0.717) is 13.0 Å². The van der Waals surface area contributed by atoms with Crippen molar-refractivity contribution in [2.24, 2.45) is 0 Å². The highest BCUT2D eigenvalue weighted by Gasteiger charge is 2.35. The van der Waals surface area contributed by atoms with Crippen LogP contribution in [-0.2, 0) is 4.79 Å². The number of anilines is 1. The standard InChI is InChI=1S/C26H25N3O2/c1-18(19-8-4-3-5-9-19)29-24-11-7-6-10-23(24)27-26(29)20-16-25(30)28(17-20)21-12-14-22(31-2)15-13-21/h3-15,18,20H,16-17H2,1-2H3/t18-,20+/m1/s1. The maximum absolute atomic E-state index is 12.9. The number of para-hydroxylation sites is 2. The number of carbonyl (C=O) groups excluding carboxylic acids is 1. The first-order valence-electron chi connectivity index (χ1n) is 10.6. The van der Waals surface area contributed by atoms with E-state index in [0.717, 1.165) is 28.3 Å². The Morgan fingerprint density at radius 2 is 1.68 bits per heavy atom. The fraction of sp³-hybridized carbons (Fsp3) is 0.231. The normalized spacial score (nSPS) is 17.3. The lowest BCUT2D eigenvalue weighted by molar-refractivity contribution is -0.117. The Labute approximate surface area is 181 Å². The molecule has 0 bridgehead atoms. The number of benzene rings is 3. The minimum absolute atomic E-state index is 0.0353. The van der Waals surface area contributed by atoms with E-state index >= 15 is 0 Å². The summed E-state index contributed by atoms with van der Waals surface area (Å²) >= 11 is 0. The second-order valence-corrected chi connectivity index (χ2v) is 8.02. The van der Waals surface area contributed by atoms with Crippen LogP contribution < -0.4 is 9.64 Å². The number of imidazole rings is 1. The van der Waals surface area contributed by atoms with E-state index in [4.69, 9.17) is 9.72 Å². The summed E-state index contributed by atoms with van der Waals surface area (Å²) < 4.78 is 7.56. The van der Waals surface area contributed by atoms with Gasteiger partial charge in [0, 0.05) is 24.6 Å². The Hall–Kier alpha value is -3.60. The molecule has 3 aromatic carbocycles. The SMILES string of the molecule is COc1ccc(N2C[C@@H](c3nc4ccccc4n3[C@H](C)c3ccccc3)CC2=O)cc1. The van der Waals surface area contributed by atoms with E-state index in [2.05, 4.69) is 41.8 Å². The molecule has 5 rings (SSSR count). The number of fused-ring (bicyclic) bond motifs is 1. The third kappa shape index (κ3) is 3.46. The number of methoxy groups -OCH3 is 1. The molecule has 0 unspecified atom stereocenters. The lowest BCUT2D eigenvalue weighted by Gasteiger charge is -2.21. The van der Waals surface area contributed by atoms with Gasteiger partial charge >= 0.3 is 0 Å². The van der Waals surface area contributed by atoms with Crippen molar-refractivity contribution in [3.05, 3.63) is 90.3 Å². The molecule has 1 amide bonds. The van der Waals surface area contributed by atoms with Crippen molar-refractivity contribution in [3.8, 4) is 5.75 Å². The Kier molecular flexibility index (Phi) is 4.94.